The Morgan fingerprint density at radius 3 is 2.67 bits per heavy atom. The Bertz CT molecular complexity index is 561. The lowest BCUT2D eigenvalue weighted by atomic mass is 9.98. The predicted molar refractivity (Wildman–Crippen MR) is 94.3 cm³/mol. The van der Waals surface area contributed by atoms with Crippen LogP contribution in [0.1, 0.15) is 26.7 Å². The zero-order chi connectivity index (χ0) is 17.5. The fourth-order valence-corrected chi connectivity index (χ4v) is 3.75. The Hall–Kier alpha value is -1.69. The normalized spacial score (nSPS) is 18.8. The van der Waals surface area contributed by atoms with Gasteiger partial charge in [-0.3, -0.25) is 9.59 Å². The summed E-state index contributed by atoms with van der Waals surface area (Å²) >= 11 is 1.52. The molecule has 0 aliphatic carbocycles. The van der Waals surface area contributed by atoms with Crippen molar-refractivity contribution >= 4 is 23.6 Å². The third-order valence-corrected chi connectivity index (χ3v) is 5.17. The molecular formula is C18H25NO4S. The summed E-state index contributed by atoms with van der Waals surface area (Å²) in [5.74, 6) is 0.489. The van der Waals surface area contributed by atoms with Crippen LogP contribution in [0.5, 0.6) is 5.75 Å². The van der Waals surface area contributed by atoms with Gasteiger partial charge >= 0.3 is 5.97 Å². The lowest BCUT2D eigenvalue weighted by Crippen LogP contribution is -2.45. The van der Waals surface area contributed by atoms with Crippen LogP contribution in [0.15, 0.2) is 29.2 Å². The largest absolute Gasteiger partial charge is 0.497 e. The SMILES string of the molecule is CCOC(=O)C1CCCN(C(=O)C(C)Sc2ccc(OC)cc2)C1. The third kappa shape index (κ3) is 4.90. The van der Waals surface area contributed by atoms with Gasteiger partial charge in [0.05, 0.1) is 24.9 Å². The maximum absolute atomic E-state index is 12.7. The first kappa shape index (κ1) is 18.6. The molecule has 1 aliphatic heterocycles. The number of rotatable bonds is 6. The van der Waals surface area contributed by atoms with Gasteiger partial charge in [0.1, 0.15) is 5.75 Å². The second-order valence-electron chi connectivity index (χ2n) is 5.81. The molecule has 2 unspecified atom stereocenters. The maximum atomic E-state index is 12.7. The molecule has 5 nitrogen and oxygen atoms in total. The minimum absolute atomic E-state index is 0.0739. The molecule has 2 atom stereocenters. The molecule has 1 aliphatic rings. The number of hydrogen-bond donors (Lipinski definition) is 0. The number of hydrogen-bond acceptors (Lipinski definition) is 5. The topological polar surface area (TPSA) is 55.8 Å². The van der Waals surface area contributed by atoms with Gasteiger partial charge in [-0.1, -0.05) is 0 Å². The number of carbonyl (C=O) groups excluding carboxylic acids is 2. The summed E-state index contributed by atoms with van der Waals surface area (Å²) in [6, 6.07) is 7.67. The van der Waals surface area contributed by atoms with Crippen molar-refractivity contribution in [2.75, 3.05) is 26.8 Å². The highest BCUT2D eigenvalue weighted by Crippen LogP contribution is 2.28. The van der Waals surface area contributed by atoms with Gasteiger partial charge in [-0.05, 0) is 51.0 Å². The second-order valence-corrected chi connectivity index (χ2v) is 7.23. The highest BCUT2D eigenvalue weighted by atomic mass is 32.2. The highest BCUT2D eigenvalue weighted by molar-refractivity contribution is 8.00. The van der Waals surface area contributed by atoms with Gasteiger partial charge in [0, 0.05) is 18.0 Å². The Morgan fingerprint density at radius 1 is 1.33 bits per heavy atom. The van der Waals surface area contributed by atoms with E-state index in [4.69, 9.17) is 9.47 Å². The van der Waals surface area contributed by atoms with E-state index in [0.29, 0.717) is 19.7 Å². The van der Waals surface area contributed by atoms with Crippen LogP contribution >= 0.6 is 11.8 Å². The Morgan fingerprint density at radius 2 is 2.04 bits per heavy atom. The molecule has 0 bridgehead atoms. The van der Waals surface area contributed by atoms with Gasteiger partial charge in [0.2, 0.25) is 5.91 Å². The van der Waals surface area contributed by atoms with Gasteiger partial charge < -0.3 is 14.4 Å². The Balaban J connectivity index is 1.92. The predicted octanol–water partition coefficient (Wildman–Crippen LogP) is 2.98. The summed E-state index contributed by atoms with van der Waals surface area (Å²) in [4.78, 5) is 27.4. The van der Waals surface area contributed by atoms with Gasteiger partial charge in [-0.2, -0.15) is 0 Å². The summed E-state index contributed by atoms with van der Waals surface area (Å²) in [5, 5.41) is -0.195. The van der Waals surface area contributed by atoms with Gasteiger partial charge in [0.15, 0.2) is 0 Å². The van der Waals surface area contributed by atoms with E-state index in [0.717, 1.165) is 23.5 Å². The van der Waals surface area contributed by atoms with Crippen LogP contribution in [0.2, 0.25) is 0 Å². The number of ether oxygens (including phenoxy) is 2. The van der Waals surface area contributed by atoms with Crippen molar-refractivity contribution in [1.29, 1.82) is 0 Å². The van der Waals surface area contributed by atoms with Crippen molar-refractivity contribution in [2.45, 2.75) is 36.8 Å². The first-order chi connectivity index (χ1) is 11.5. The minimum atomic E-state index is -0.195. The van der Waals surface area contributed by atoms with Crippen LogP contribution in [-0.2, 0) is 14.3 Å². The molecule has 1 saturated heterocycles. The van der Waals surface area contributed by atoms with E-state index < -0.39 is 0 Å². The molecule has 1 heterocycles. The Labute approximate surface area is 147 Å². The van der Waals surface area contributed by atoms with Crippen molar-refractivity contribution in [2.24, 2.45) is 5.92 Å². The zero-order valence-electron chi connectivity index (χ0n) is 14.5. The van der Waals surface area contributed by atoms with Crippen molar-refractivity contribution in [3.8, 4) is 5.75 Å². The van der Waals surface area contributed by atoms with Gasteiger partial charge in [-0.15, -0.1) is 11.8 Å². The van der Waals surface area contributed by atoms with Crippen LogP contribution in [0.4, 0.5) is 0 Å². The van der Waals surface area contributed by atoms with E-state index in [1.165, 1.54) is 11.8 Å². The molecule has 1 aromatic rings. The number of piperidine rings is 1. The fourth-order valence-electron chi connectivity index (χ4n) is 2.80. The molecule has 1 aromatic carbocycles. The van der Waals surface area contributed by atoms with E-state index in [-0.39, 0.29) is 23.0 Å². The number of esters is 1. The van der Waals surface area contributed by atoms with Gasteiger partial charge in [0.25, 0.3) is 0 Å². The van der Waals surface area contributed by atoms with E-state index in [1.807, 2.05) is 31.2 Å². The number of nitrogens with zero attached hydrogens (tertiary/aromatic N) is 1. The highest BCUT2D eigenvalue weighted by Gasteiger charge is 2.31. The van der Waals surface area contributed by atoms with Crippen molar-refractivity contribution in [3.05, 3.63) is 24.3 Å². The number of benzene rings is 1. The maximum Gasteiger partial charge on any atom is 0.310 e. The summed E-state index contributed by atoms with van der Waals surface area (Å²) in [7, 11) is 1.63. The van der Waals surface area contributed by atoms with Crippen molar-refractivity contribution in [1.82, 2.24) is 4.90 Å². The first-order valence-electron chi connectivity index (χ1n) is 8.31. The molecule has 6 heteroatoms. The van der Waals surface area contributed by atoms with Crippen molar-refractivity contribution < 1.29 is 19.1 Å². The summed E-state index contributed by atoms with van der Waals surface area (Å²) in [6.07, 6.45) is 1.64. The molecule has 1 amide bonds. The minimum Gasteiger partial charge on any atom is -0.497 e. The molecule has 24 heavy (non-hydrogen) atoms. The lowest BCUT2D eigenvalue weighted by Gasteiger charge is -2.33. The first-order valence-corrected chi connectivity index (χ1v) is 9.19. The van der Waals surface area contributed by atoms with E-state index in [1.54, 1.807) is 18.9 Å². The average Bonchev–Trinajstić information content (AvgIpc) is 2.62. The summed E-state index contributed by atoms with van der Waals surface area (Å²) in [5.41, 5.74) is 0. The molecule has 1 fully saturated rings. The molecule has 0 aromatic heterocycles. The molecule has 0 N–H and O–H groups in total. The number of thioether (sulfide) groups is 1. The van der Waals surface area contributed by atoms with E-state index >= 15 is 0 Å². The lowest BCUT2D eigenvalue weighted by molar-refractivity contribution is -0.151. The van der Waals surface area contributed by atoms with E-state index in [9.17, 15) is 9.59 Å². The fraction of sp³-hybridized carbons (Fsp3) is 0.556. The van der Waals surface area contributed by atoms with Crippen LogP contribution in [0.3, 0.4) is 0 Å². The zero-order valence-corrected chi connectivity index (χ0v) is 15.3. The second kappa shape index (κ2) is 8.97. The average molecular weight is 351 g/mol. The molecular weight excluding hydrogens is 326 g/mol. The van der Waals surface area contributed by atoms with Gasteiger partial charge in [-0.25, -0.2) is 0 Å². The number of amides is 1. The summed E-state index contributed by atoms with van der Waals surface area (Å²) < 4.78 is 10.2. The van der Waals surface area contributed by atoms with E-state index in [2.05, 4.69) is 0 Å². The third-order valence-electron chi connectivity index (χ3n) is 4.07. The molecule has 0 saturated carbocycles. The molecule has 132 valence electrons. The smallest absolute Gasteiger partial charge is 0.310 e. The number of methoxy groups -OCH3 is 1. The standard InChI is InChI=1S/C18H25NO4S/c1-4-23-18(21)14-6-5-11-19(12-14)17(20)13(2)24-16-9-7-15(22-3)8-10-16/h7-10,13-14H,4-6,11-12H2,1-3H3. The molecule has 2 rings (SSSR count). The summed E-state index contributed by atoms with van der Waals surface area (Å²) in [6.45, 7) is 5.27. The number of carbonyl (C=O) groups is 2. The Kier molecular flexibility index (Phi) is 6.97. The van der Waals surface area contributed by atoms with Crippen LogP contribution < -0.4 is 4.74 Å². The van der Waals surface area contributed by atoms with Crippen molar-refractivity contribution in [3.63, 3.8) is 0 Å². The molecule has 0 spiro atoms. The molecule has 0 radical (unpaired) electrons. The van der Waals surface area contributed by atoms with Crippen LogP contribution in [0.25, 0.3) is 0 Å². The quantitative estimate of drug-likeness (QED) is 0.582. The van der Waals surface area contributed by atoms with Crippen LogP contribution in [-0.4, -0.2) is 48.8 Å². The number of likely N-dealkylation sites (tertiary alicyclic amines) is 1. The van der Waals surface area contributed by atoms with Crippen LogP contribution in [0, 0.1) is 5.92 Å². The monoisotopic (exact) mass is 351 g/mol.